The smallest absolute Gasteiger partial charge is 0.340 e. The summed E-state index contributed by atoms with van der Waals surface area (Å²) < 4.78 is 22.8. The number of hydrogen-bond donors (Lipinski definition) is 2. The molecular formula is C31H44N2O9. The summed E-state index contributed by atoms with van der Waals surface area (Å²) in [6, 6.07) is 0. The predicted molar refractivity (Wildman–Crippen MR) is 151 cm³/mol. The molecule has 6 atom stereocenters. The van der Waals surface area contributed by atoms with E-state index in [-0.39, 0.29) is 23.7 Å². The zero-order valence-corrected chi connectivity index (χ0v) is 25.3. The quantitative estimate of drug-likeness (QED) is 0.318. The van der Waals surface area contributed by atoms with Crippen molar-refractivity contribution in [1.29, 1.82) is 0 Å². The van der Waals surface area contributed by atoms with Crippen LogP contribution >= 0.6 is 0 Å². The van der Waals surface area contributed by atoms with Gasteiger partial charge >= 0.3 is 11.9 Å². The van der Waals surface area contributed by atoms with E-state index in [0.717, 1.165) is 39.3 Å². The van der Waals surface area contributed by atoms with Gasteiger partial charge in [-0.3, -0.25) is 14.5 Å². The summed E-state index contributed by atoms with van der Waals surface area (Å²) in [5, 5.41) is 22.6. The fraction of sp³-hybridized carbons (Fsp3) is 0.710. The monoisotopic (exact) mass is 588 g/mol. The van der Waals surface area contributed by atoms with E-state index in [9.17, 15) is 24.6 Å². The third kappa shape index (κ3) is 5.08. The van der Waals surface area contributed by atoms with Crippen LogP contribution in [0.3, 0.4) is 0 Å². The van der Waals surface area contributed by atoms with Crippen molar-refractivity contribution in [3.63, 3.8) is 0 Å². The Kier molecular flexibility index (Phi) is 8.59. The highest BCUT2D eigenvalue weighted by atomic mass is 16.6. The first-order valence-corrected chi connectivity index (χ1v) is 14.9. The highest BCUT2D eigenvalue weighted by molar-refractivity contribution is 6.13. The zero-order chi connectivity index (χ0) is 30.4. The van der Waals surface area contributed by atoms with Gasteiger partial charge in [0.1, 0.15) is 12.2 Å². The number of Topliss-reactive ketones (excluding diaryl/α,β-unsaturated/α-hetero) is 1. The summed E-state index contributed by atoms with van der Waals surface area (Å²) in [4.78, 5) is 44.2. The normalized spacial score (nSPS) is 36.0. The predicted octanol–water partition coefficient (Wildman–Crippen LogP) is 1.91. The molecule has 2 heterocycles. The first-order chi connectivity index (χ1) is 19.9. The van der Waals surface area contributed by atoms with Crippen molar-refractivity contribution in [2.45, 2.75) is 64.8 Å². The van der Waals surface area contributed by atoms with Gasteiger partial charge in [-0.2, -0.15) is 0 Å². The van der Waals surface area contributed by atoms with Gasteiger partial charge < -0.3 is 34.1 Å². The van der Waals surface area contributed by atoms with E-state index in [0.29, 0.717) is 37.0 Å². The lowest BCUT2D eigenvalue weighted by Crippen LogP contribution is -2.57. The number of cyclic esters (lactones) is 1. The number of morpholine rings is 1. The minimum Gasteiger partial charge on any atom is -0.504 e. The SMILES string of the molecule is COCC1OC(=O)/C(=C\N(C)CCCN2CCOCC2)C2=C(O)C(=O)C3=C(C(OC(C)=O)CC4(C)C(O)CCC34)C21C. The van der Waals surface area contributed by atoms with E-state index >= 15 is 0 Å². The minimum atomic E-state index is -1.22. The van der Waals surface area contributed by atoms with Gasteiger partial charge in [0.25, 0.3) is 0 Å². The van der Waals surface area contributed by atoms with Crippen LogP contribution in [-0.2, 0) is 33.3 Å². The van der Waals surface area contributed by atoms with Crippen molar-refractivity contribution < 1.29 is 43.5 Å². The number of carbonyl (C=O) groups excluding carboxylic acids is 3. The first kappa shape index (κ1) is 30.7. The largest absolute Gasteiger partial charge is 0.504 e. The Balaban J connectivity index is 1.56. The molecule has 5 aliphatic rings. The summed E-state index contributed by atoms with van der Waals surface area (Å²) in [5.41, 5.74) is -0.784. The van der Waals surface area contributed by atoms with Crippen LogP contribution in [0.4, 0.5) is 0 Å². The summed E-state index contributed by atoms with van der Waals surface area (Å²) >= 11 is 0. The maximum absolute atomic E-state index is 14.1. The van der Waals surface area contributed by atoms with E-state index in [4.69, 9.17) is 18.9 Å². The molecule has 0 amide bonds. The fourth-order valence-corrected chi connectivity index (χ4v) is 7.93. The average Bonchev–Trinajstić information content (AvgIpc) is 3.23. The number of fused-ring (bicyclic) bond motifs is 4. The van der Waals surface area contributed by atoms with Crippen molar-refractivity contribution in [1.82, 2.24) is 9.80 Å². The maximum Gasteiger partial charge on any atom is 0.340 e. The van der Waals surface area contributed by atoms with E-state index in [1.54, 1.807) is 6.20 Å². The number of rotatable bonds is 8. The number of esters is 2. The van der Waals surface area contributed by atoms with Gasteiger partial charge in [0.2, 0.25) is 5.78 Å². The molecular weight excluding hydrogens is 544 g/mol. The number of ketones is 1. The van der Waals surface area contributed by atoms with E-state index in [1.807, 2.05) is 25.8 Å². The van der Waals surface area contributed by atoms with Crippen LogP contribution in [0.25, 0.3) is 0 Å². The van der Waals surface area contributed by atoms with Crippen molar-refractivity contribution >= 4 is 17.7 Å². The summed E-state index contributed by atoms with van der Waals surface area (Å²) in [6.45, 7) is 9.78. The Morgan fingerprint density at radius 3 is 2.60 bits per heavy atom. The van der Waals surface area contributed by atoms with Crippen LogP contribution in [0.2, 0.25) is 0 Å². The first-order valence-electron chi connectivity index (χ1n) is 14.9. The third-order valence-corrected chi connectivity index (χ3v) is 10.1. The van der Waals surface area contributed by atoms with Crippen LogP contribution in [0.1, 0.15) is 46.5 Å². The molecule has 42 heavy (non-hydrogen) atoms. The molecule has 11 heteroatoms. The molecule has 6 unspecified atom stereocenters. The van der Waals surface area contributed by atoms with Crippen molar-refractivity contribution in [3.8, 4) is 0 Å². The molecule has 11 nitrogen and oxygen atoms in total. The number of aliphatic hydroxyl groups excluding tert-OH is 2. The lowest BCUT2D eigenvalue weighted by atomic mass is 9.53. The molecule has 232 valence electrons. The second-order valence-corrected chi connectivity index (χ2v) is 12.7. The van der Waals surface area contributed by atoms with Crippen molar-refractivity contribution in [2.24, 2.45) is 16.7 Å². The van der Waals surface area contributed by atoms with Crippen LogP contribution in [0.5, 0.6) is 0 Å². The molecule has 0 radical (unpaired) electrons. The number of nitrogens with zero attached hydrogens (tertiary/aromatic N) is 2. The lowest BCUT2D eigenvalue weighted by Gasteiger charge is -2.54. The van der Waals surface area contributed by atoms with Gasteiger partial charge in [0.05, 0.1) is 36.9 Å². The summed E-state index contributed by atoms with van der Waals surface area (Å²) in [5.74, 6) is -2.63. The van der Waals surface area contributed by atoms with E-state index < -0.39 is 52.6 Å². The number of hydrogen-bond acceptors (Lipinski definition) is 11. The Morgan fingerprint density at radius 1 is 1.21 bits per heavy atom. The topological polar surface area (TPSA) is 135 Å². The minimum absolute atomic E-state index is 0.00398. The van der Waals surface area contributed by atoms with E-state index in [1.165, 1.54) is 14.0 Å². The number of ether oxygens (including phenoxy) is 4. The Hall–Kier alpha value is -2.73. The second kappa shape index (κ2) is 11.7. The second-order valence-electron chi connectivity index (χ2n) is 12.7. The molecule has 0 aromatic rings. The number of allylic oxidation sites excluding steroid dienone is 1. The maximum atomic E-state index is 14.1. The zero-order valence-electron chi connectivity index (χ0n) is 25.3. The highest BCUT2D eigenvalue weighted by Crippen LogP contribution is 2.63. The van der Waals surface area contributed by atoms with Gasteiger partial charge in [-0.15, -0.1) is 0 Å². The molecule has 2 saturated heterocycles. The van der Waals surface area contributed by atoms with Crippen molar-refractivity contribution in [3.05, 3.63) is 34.3 Å². The van der Waals surface area contributed by atoms with Gasteiger partial charge in [-0.25, -0.2) is 4.79 Å². The van der Waals surface area contributed by atoms with Gasteiger partial charge in [0, 0.05) is 70.0 Å². The summed E-state index contributed by atoms with van der Waals surface area (Å²) in [6.07, 6.45) is 1.40. The van der Waals surface area contributed by atoms with Gasteiger partial charge in [0.15, 0.2) is 5.76 Å². The molecule has 2 aliphatic heterocycles. The standard InChI is InChI=1S/C31H44N2O9/c1-18(34)41-21-15-30(2)20(7-8-22(30)35)24-26(21)31(3)23(17-39-5)42-29(38)19(25(31)28(37)27(24)36)16-32(4)9-6-10-33-11-13-40-14-12-33/h16,20-23,35,37H,6-15,17H2,1-5H3/b19-16-. The van der Waals surface area contributed by atoms with Crippen LogP contribution < -0.4 is 0 Å². The molecule has 0 spiro atoms. The molecule has 0 aromatic heterocycles. The van der Waals surface area contributed by atoms with Gasteiger partial charge in [-0.1, -0.05) is 6.92 Å². The molecule has 0 bridgehead atoms. The molecule has 3 fully saturated rings. The Morgan fingerprint density at radius 2 is 1.93 bits per heavy atom. The molecule has 2 N–H and O–H groups in total. The van der Waals surface area contributed by atoms with E-state index in [2.05, 4.69) is 4.90 Å². The highest BCUT2D eigenvalue weighted by Gasteiger charge is 2.64. The number of carbonyl (C=O) groups is 3. The van der Waals surface area contributed by atoms with Crippen molar-refractivity contribution in [2.75, 3.05) is 60.2 Å². The van der Waals surface area contributed by atoms with Crippen LogP contribution in [0, 0.1) is 16.7 Å². The molecule has 5 rings (SSSR count). The molecule has 0 aromatic carbocycles. The molecule has 3 aliphatic carbocycles. The van der Waals surface area contributed by atoms with Crippen LogP contribution in [-0.4, -0.2) is 116 Å². The number of aliphatic hydroxyl groups is 2. The fourth-order valence-electron chi connectivity index (χ4n) is 7.93. The summed E-state index contributed by atoms with van der Waals surface area (Å²) in [7, 11) is 3.34. The third-order valence-electron chi connectivity index (χ3n) is 10.1. The molecule has 1 saturated carbocycles. The lowest BCUT2D eigenvalue weighted by molar-refractivity contribution is -0.161. The van der Waals surface area contributed by atoms with Crippen LogP contribution in [0.15, 0.2) is 34.3 Å². The Bertz CT molecular complexity index is 1220. The average molecular weight is 589 g/mol. The van der Waals surface area contributed by atoms with Gasteiger partial charge in [-0.05, 0) is 44.1 Å². The Labute approximate surface area is 247 Å². The number of methoxy groups -OCH3 is 1.